The third-order valence-corrected chi connectivity index (χ3v) is 1.02. The van der Waals surface area contributed by atoms with E-state index in [1.165, 1.54) is 6.92 Å². The Labute approximate surface area is 61.0 Å². The Hall–Kier alpha value is -0.410. The quantitative estimate of drug-likeness (QED) is 0.623. The Morgan fingerprint density at radius 1 is 1.50 bits per heavy atom. The molecule has 0 saturated carbocycles. The normalized spacial score (nSPS) is 13.7. The van der Waals surface area contributed by atoms with Gasteiger partial charge in [-0.25, -0.2) is 0 Å². The Balaban J connectivity index is 3.40. The number of carbonyl (C=O) groups is 1. The third-order valence-electron chi connectivity index (χ3n) is 1.02. The van der Waals surface area contributed by atoms with Gasteiger partial charge in [0.15, 0.2) is 5.78 Å². The second-order valence-electron chi connectivity index (χ2n) is 2.50. The van der Waals surface area contributed by atoms with Crippen molar-refractivity contribution in [1.29, 1.82) is 0 Å². The summed E-state index contributed by atoms with van der Waals surface area (Å²) >= 11 is 0. The summed E-state index contributed by atoms with van der Waals surface area (Å²) in [6.45, 7) is 5.13. The zero-order valence-corrected chi connectivity index (χ0v) is 6.63. The summed E-state index contributed by atoms with van der Waals surface area (Å²) in [5, 5.41) is 8.70. The van der Waals surface area contributed by atoms with Crippen LogP contribution in [0.25, 0.3) is 0 Å². The van der Waals surface area contributed by atoms with Gasteiger partial charge in [-0.3, -0.25) is 4.79 Å². The number of Topliss-reactive ketones (excluding diaryl/α,β-unsaturated/α-hetero) is 1. The standard InChI is InChI=1S/C7H14O3/c1-5(2)10-4-7(9)6(3)8/h5-6,8H,4H2,1-3H3. The molecule has 0 aromatic carbocycles. The lowest BCUT2D eigenvalue weighted by Crippen LogP contribution is -2.23. The van der Waals surface area contributed by atoms with Gasteiger partial charge >= 0.3 is 0 Å². The Kier molecular flexibility index (Phi) is 4.23. The first-order valence-corrected chi connectivity index (χ1v) is 3.36. The van der Waals surface area contributed by atoms with Crippen molar-refractivity contribution in [2.24, 2.45) is 0 Å². The minimum atomic E-state index is -0.904. The van der Waals surface area contributed by atoms with E-state index in [0.717, 1.165) is 0 Å². The highest BCUT2D eigenvalue weighted by atomic mass is 16.5. The number of rotatable bonds is 4. The molecule has 0 aromatic heterocycles. The molecule has 1 N–H and O–H groups in total. The number of carbonyl (C=O) groups excluding carboxylic acids is 1. The first-order valence-electron chi connectivity index (χ1n) is 3.36. The lowest BCUT2D eigenvalue weighted by Gasteiger charge is -2.07. The van der Waals surface area contributed by atoms with Crippen LogP contribution in [0.15, 0.2) is 0 Å². The minimum Gasteiger partial charge on any atom is -0.386 e. The van der Waals surface area contributed by atoms with Gasteiger partial charge in [0.1, 0.15) is 12.7 Å². The fourth-order valence-corrected chi connectivity index (χ4v) is 0.369. The fraction of sp³-hybridized carbons (Fsp3) is 0.857. The van der Waals surface area contributed by atoms with Crippen LogP contribution in [0, 0.1) is 0 Å². The van der Waals surface area contributed by atoms with Crippen LogP contribution in [0.2, 0.25) is 0 Å². The second kappa shape index (κ2) is 4.41. The average Bonchev–Trinajstić information content (AvgIpc) is 1.82. The fourth-order valence-electron chi connectivity index (χ4n) is 0.369. The monoisotopic (exact) mass is 146 g/mol. The number of hydrogen-bond donors (Lipinski definition) is 1. The van der Waals surface area contributed by atoms with Crippen molar-refractivity contribution in [1.82, 2.24) is 0 Å². The van der Waals surface area contributed by atoms with Crippen LogP contribution >= 0.6 is 0 Å². The molecule has 1 unspecified atom stereocenters. The van der Waals surface area contributed by atoms with Crippen LogP contribution in [0.1, 0.15) is 20.8 Å². The van der Waals surface area contributed by atoms with Crippen molar-refractivity contribution in [3.05, 3.63) is 0 Å². The van der Waals surface area contributed by atoms with Gasteiger partial charge in [-0.1, -0.05) is 0 Å². The lowest BCUT2D eigenvalue weighted by atomic mass is 10.3. The number of ether oxygens (including phenoxy) is 1. The van der Waals surface area contributed by atoms with E-state index in [0.29, 0.717) is 0 Å². The SMILES string of the molecule is CC(C)OCC(=O)C(C)O. The molecule has 3 nitrogen and oxygen atoms in total. The zero-order valence-electron chi connectivity index (χ0n) is 6.63. The van der Waals surface area contributed by atoms with Gasteiger partial charge in [0, 0.05) is 0 Å². The summed E-state index contributed by atoms with van der Waals surface area (Å²) < 4.78 is 4.96. The van der Waals surface area contributed by atoms with Crippen LogP contribution < -0.4 is 0 Å². The van der Waals surface area contributed by atoms with E-state index in [1.807, 2.05) is 13.8 Å². The van der Waals surface area contributed by atoms with Gasteiger partial charge in [0.25, 0.3) is 0 Å². The molecular formula is C7H14O3. The van der Waals surface area contributed by atoms with Gasteiger partial charge < -0.3 is 9.84 Å². The minimum absolute atomic E-state index is 0.00926. The molecule has 0 aliphatic carbocycles. The molecule has 10 heavy (non-hydrogen) atoms. The highest BCUT2D eigenvalue weighted by Crippen LogP contribution is 1.90. The molecule has 0 bridgehead atoms. The first-order chi connectivity index (χ1) is 4.54. The summed E-state index contributed by atoms with van der Waals surface area (Å²) in [5.41, 5.74) is 0. The van der Waals surface area contributed by atoms with Crippen LogP contribution in [0.3, 0.4) is 0 Å². The predicted molar refractivity (Wildman–Crippen MR) is 37.8 cm³/mol. The Morgan fingerprint density at radius 2 is 2.00 bits per heavy atom. The molecule has 60 valence electrons. The predicted octanol–water partition coefficient (Wildman–Crippen LogP) is 0.361. The molecule has 3 heteroatoms. The van der Waals surface area contributed by atoms with E-state index in [1.54, 1.807) is 0 Å². The molecule has 0 fully saturated rings. The van der Waals surface area contributed by atoms with E-state index < -0.39 is 6.10 Å². The van der Waals surface area contributed by atoms with E-state index in [2.05, 4.69) is 0 Å². The highest BCUT2D eigenvalue weighted by Gasteiger charge is 2.08. The molecule has 1 atom stereocenters. The average molecular weight is 146 g/mol. The van der Waals surface area contributed by atoms with Crippen molar-refractivity contribution in [3.63, 3.8) is 0 Å². The van der Waals surface area contributed by atoms with Crippen molar-refractivity contribution < 1.29 is 14.6 Å². The summed E-state index contributed by atoms with van der Waals surface area (Å²) in [7, 11) is 0. The smallest absolute Gasteiger partial charge is 0.186 e. The maximum absolute atomic E-state index is 10.7. The largest absolute Gasteiger partial charge is 0.386 e. The molecule has 0 spiro atoms. The van der Waals surface area contributed by atoms with E-state index in [9.17, 15) is 4.79 Å². The highest BCUT2D eigenvalue weighted by molar-refractivity contribution is 5.83. The maximum atomic E-state index is 10.7. The topological polar surface area (TPSA) is 46.5 Å². The Morgan fingerprint density at radius 3 is 2.30 bits per heavy atom. The summed E-state index contributed by atoms with van der Waals surface area (Å²) in [6.07, 6.45) is -0.860. The molecule has 0 amide bonds. The van der Waals surface area contributed by atoms with Gasteiger partial charge in [-0.2, -0.15) is 0 Å². The molecular weight excluding hydrogens is 132 g/mol. The number of aliphatic hydroxyl groups is 1. The lowest BCUT2D eigenvalue weighted by molar-refractivity contribution is -0.132. The molecule has 0 radical (unpaired) electrons. The number of ketones is 1. The Bertz CT molecular complexity index is 107. The van der Waals surface area contributed by atoms with Gasteiger partial charge in [0.05, 0.1) is 6.10 Å². The van der Waals surface area contributed by atoms with Crippen molar-refractivity contribution in [3.8, 4) is 0 Å². The van der Waals surface area contributed by atoms with Crippen molar-refractivity contribution >= 4 is 5.78 Å². The maximum Gasteiger partial charge on any atom is 0.186 e. The number of hydrogen-bond acceptors (Lipinski definition) is 3. The number of aliphatic hydroxyl groups excluding tert-OH is 1. The molecule has 0 aromatic rings. The zero-order chi connectivity index (χ0) is 8.15. The van der Waals surface area contributed by atoms with Gasteiger partial charge in [-0.15, -0.1) is 0 Å². The summed E-state index contributed by atoms with van der Waals surface area (Å²) in [6, 6.07) is 0. The van der Waals surface area contributed by atoms with E-state index in [4.69, 9.17) is 9.84 Å². The summed E-state index contributed by atoms with van der Waals surface area (Å²) in [5.74, 6) is -0.270. The van der Waals surface area contributed by atoms with Crippen LogP contribution in [0.4, 0.5) is 0 Å². The van der Waals surface area contributed by atoms with Gasteiger partial charge in [-0.05, 0) is 20.8 Å². The molecule has 0 saturated heterocycles. The van der Waals surface area contributed by atoms with Crippen molar-refractivity contribution in [2.45, 2.75) is 33.0 Å². The summed E-state index contributed by atoms with van der Waals surface area (Å²) in [4.78, 5) is 10.7. The molecule has 0 aliphatic rings. The third kappa shape index (κ3) is 4.47. The van der Waals surface area contributed by atoms with Crippen molar-refractivity contribution in [2.75, 3.05) is 6.61 Å². The van der Waals surface area contributed by atoms with E-state index in [-0.39, 0.29) is 18.5 Å². The molecule has 0 aliphatic heterocycles. The van der Waals surface area contributed by atoms with Crippen LogP contribution in [0.5, 0.6) is 0 Å². The van der Waals surface area contributed by atoms with Gasteiger partial charge in [0.2, 0.25) is 0 Å². The second-order valence-corrected chi connectivity index (χ2v) is 2.50. The van der Waals surface area contributed by atoms with E-state index >= 15 is 0 Å². The molecule has 0 heterocycles. The van der Waals surface area contributed by atoms with Crippen LogP contribution in [-0.2, 0) is 9.53 Å². The molecule has 0 rings (SSSR count). The van der Waals surface area contributed by atoms with Crippen LogP contribution in [-0.4, -0.2) is 29.7 Å². The first kappa shape index (κ1) is 9.59.